The number of aromatic nitrogens is 2. The maximum absolute atomic E-state index is 4.22. The number of fused-ring (bicyclic) bond motifs is 1. The van der Waals surface area contributed by atoms with Crippen molar-refractivity contribution in [3.63, 3.8) is 0 Å². The van der Waals surface area contributed by atoms with Crippen LogP contribution in [0.1, 0.15) is 25.1 Å². The number of anilines is 1. The quantitative estimate of drug-likeness (QED) is 0.732. The fourth-order valence-corrected chi connectivity index (χ4v) is 1.62. The van der Waals surface area contributed by atoms with Gasteiger partial charge in [-0.15, -0.1) is 5.10 Å². The van der Waals surface area contributed by atoms with Gasteiger partial charge in [-0.1, -0.05) is 0 Å². The van der Waals surface area contributed by atoms with Crippen molar-refractivity contribution in [1.82, 2.24) is 15.5 Å². The molecule has 0 spiro atoms. The van der Waals surface area contributed by atoms with E-state index in [2.05, 4.69) is 40.7 Å². The van der Waals surface area contributed by atoms with Gasteiger partial charge < -0.3 is 10.6 Å². The lowest BCUT2D eigenvalue weighted by atomic mass is 10.1. The van der Waals surface area contributed by atoms with E-state index in [0.717, 1.165) is 31.0 Å². The van der Waals surface area contributed by atoms with Crippen molar-refractivity contribution >= 4 is 5.82 Å². The van der Waals surface area contributed by atoms with Crippen molar-refractivity contribution in [2.45, 2.75) is 32.9 Å². The SMILES string of the molecule is CC(C)Nc1cc2c(nn1)CCNC2. The number of nitrogens with one attached hydrogen (secondary N) is 2. The minimum Gasteiger partial charge on any atom is -0.366 e. The first-order valence-corrected chi connectivity index (χ1v) is 5.08. The molecule has 0 saturated carbocycles. The molecule has 0 aliphatic carbocycles. The molecule has 0 fully saturated rings. The summed E-state index contributed by atoms with van der Waals surface area (Å²) < 4.78 is 0. The Morgan fingerprint density at radius 1 is 1.43 bits per heavy atom. The standard InChI is InChI=1S/C10H16N4/c1-7(2)12-10-5-8-6-11-4-3-9(8)13-14-10/h5,7,11H,3-4,6H2,1-2H3,(H,12,14). The monoisotopic (exact) mass is 192 g/mol. The summed E-state index contributed by atoms with van der Waals surface area (Å²) in [5.74, 6) is 0.877. The van der Waals surface area contributed by atoms with Crippen LogP contribution < -0.4 is 10.6 Å². The van der Waals surface area contributed by atoms with Crippen LogP contribution in [0.15, 0.2) is 6.07 Å². The molecule has 1 aromatic heterocycles. The highest BCUT2D eigenvalue weighted by molar-refractivity contribution is 5.39. The Labute approximate surface area is 84.1 Å². The maximum Gasteiger partial charge on any atom is 0.149 e. The van der Waals surface area contributed by atoms with E-state index in [4.69, 9.17) is 0 Å². The second-order valence-corrected chi connectivity index (χ2v) is 3.93. The molecule has 0 amide bonds. The van der Waals surface area contributed by atoms with E-state index in [-0.39, 0.29) is 0 Å². The largest absolute Gasteiger partial charge is 0.366 e. The number of hydrogen-bond donors (Lipinski definition) is 2. The maximum atomic E-state index is 4.22. The van der Waals surface area contributed by atoms with E-state index in [9.17, 15) is 0 Å². The van der Waals surface area contributed by atoms with Crippen LogP contribution >= 0.6 is 0 Å². The summed E-state index contributed by atoms with van der Waals surface area (Å²) >= 11 is 0. The van der Waals surface area contributed by atoms with Crippen molar-refractivity contribution < 1.29 is 0 Å². The van der Waals surface area contributed by atoms with E-state index in [1.54, 1.807) is 0 Å². The fourth-order valence-electron chi connectivity index (χ4n) is 1.62. The van der Waals surface area contributed by atoms with Gasteiger partial charge in [-0.2, -0.15) is 5.10 Å². The lowest BCUT2D eigenvalue weighted by molar-refractivity contribution is 0.620. The highest BCUT2D eigenvalue weighted by Gasteiger charge is 2.11. The topological polar surface area (TPSA) is 49.8 Å². The predicted molar refractivity (Wildman–Crippen MR) is 56.2 cm³/mol. The van der Waals surface area contributed by atoms with Crippen molar-refractivity contribution in [3.05, 3.63) is 17.3 Å². The van der Waals surface area contributed by atoms with Gasteiger partial charge in [-0.25, -0.2) is 0 Å². The van der Waals surface area contributed by atoms with E-state index in [1.165, 1.54) is 5.56 Å². The van der Waals surface area contributed by atoms with Crippen LogP contribution in [0, 0.1) is 0 Å². The predicted octanol–water partition coefficient (Wildman–Crippen LogP) is 0.943. The minimum absolute atomic E-state index is 0.402. The van der Waals surface area contributed by atoms with Gasteiger partial charge in [0.15, 0.2) is 0 Å². The highest BCUT2D eigenvalue weighted by atomic mass is 15.2. The Balaban J connectivity index is 2.20. The van der Waals surface area contributed by atoms with Crippen LogP contribution in [0.2, 0.25) is 0 Å². The van der Waals surface area contributed by atoms with Gasteiger partial charge in [0.05, 0.1) is 5.69 Å². The molecular weight excluding hydrogens is 176 g/mol. The molecule has 0 radical (unpaired) electrons. The lowest BCUT2D eigenvalue weighted by Crippen LogP contribution is -2.25. The van der Waals surface area contributed by atoms with E-state index >= 15 is 0 Å². The molecular formula is C10H16N4. The molecule has 2 heterocycles. The molecule has 4 heteroatoms. The zero-order valence-corrected chi connectivity index (χ0v) is 8.67. The van der Waals surface area contributed by atoms with Gasteiger partial charge in [0.1, 0.15) is 5.82 Å². The second-order valence-electron chi connectivity index (χ2n) is 3.93. The Hall–Kier alpha value is -1.16. The summed E-state index contributed by atoms with van der Waals surface area (Å²) in [4.78, 5) is 0. The molecule has 76 valence electrons. The van der Waals surface area contributed by atoms with Gasteiger partial charge in [0, 0.05) is 25.6 Å². The molecule has 14 heavy (non-hydrogen) atoms. The smallest absolute Gasteiger partial charge is 0.149 e. The average Bonchev–Trinajstić information content (AvgIpc) is 2.17. The summed E-state index contributed by atoms with van der Waals surface area (Å²) in [7, 11) is 0. The Morgan fingerprint density at radius 2 is 2.29 bits per heavy atom. The van der Waals surface area contributed by atoms with E-state index in [0.29, 0.717) is 6.04 Å². The molecule has 0 aromatic carbocycles. The second kappa shape index (κ2) is 3.92. The first kappa shape index (κ1) is 9.40. The zero-order valence-electron chi connectivity index (χ0n) is 8.67. The Kier molecular flexibility index (Phi) is 2.63. The fraction of sp³-hybridized carbons (Fsp3) is 0.600. The summed E-state index contributed by atoms with van der Waals surface area (Å²) in [6, 6.07) is 2.49. The molecule has 4 nitrogen and oxygen atoms in total. The molecule has 2 N–H and O–H groups in total. The molecule has 1 aliphatic rings. The van der Waals surface area contributed by atoms with Crippen LogP contribution in [0.4, 0.5) is 5.82 Å². The molecule has 0 bridgehead atoms. The van der Waals surface area contributed by atoms with Crippen LogP contribution in [0.25, 0.3) is 0 Å². The van der Waals surface area contributed by atoms with Gasteiger partial charge in [0.25, 0.3) is 0 Å². The first-order chi connectivity index (χ1) is 6.75. The van der Waals surface area contributed by atoms with Crippen LogP contribution in [-0.2, 0) is 13.0 Å². The third kappa shape index (κ3) is 2.01. The van der Waals surface area contributed by atoms with Gasteiger partial charge in [-0.3, -0.25) is 0 Å². The van der Waals surface area contributed by atoms with Crippen LogP contribution in [-0.4, -0.2) is 22.8 Å². The van der Waals surface area contributed by atoms with Gasteiger partial charge >= 0.3 is 0 Å². The summed E-state index contributed by atoms with van der Waals surface area (Å²) in [6.07, 6.45) is 0.990. The number of nitrogens with zero attached hydrogens (tertiary/aromatic N) is 2. The summed E-state index contributed by atoms with van der Waals surface area (Å²) in [5.41, 5.74) is 2.41. The molecule has 1 aliphatic heterocycles. The Bertz CT molecular complexity index is 322. The van der Waals surface area contributed by atoms with Crippen LogP contribution in [0.5, 0.6) is 0 Å². The third-order valence-electron chi connectivity index (χ3n) is 2.25. The summed E-state index contributed by atoms with van der Waals surface area (Å²) in [5, 5.41) is 14.9. The molecule has 2 rings (SSSR count). The van der Waals surface area contributed by atoms with Crippen molar-refractivity contribution in [3.8, 4) is 0 Å². The zero-order chi connectivity index (χ0) is 9.97. The van der Waals surface area contributed by atoms with Crippen molar-refractivity contribution in [2.75, 3.05) is 11.9 Å². The van der Waals surface area contributed by atoms with Crippen molar-refractivity contribution in [2.24, 2.45) is 0 Å². The minimum atomic E-state index is 0.402. The average molecular weight is 192 g/mol. The Morgan fingerprint density at radius 3 is 3.07 bits per heavy atom. The van der Waals surface area contributed by atoms with Crippen molar-refractivity contribution in [1.29, 1.82) is 0 Å². The molecule has 1 aromatic rings. The highest BCUT2D eigenvalue weighted by Crippen LogP contribution is 2.14. The normalized spacial score (nSPS) is 15.4. The van der Waals surface area contributed by atoms with Gasteiger partial charge in [-0.05, 0) is 25.5 Å². The van der Waals surface area contributed by atoms with Crippen LogP contribution in [0.3, 0.4) is 0 Å². The van der Waals surface area contributed by atoms with E-state index in [1.807, 2.05) is 0 Å². The number of hydrogen-bond acceptors (Lipinski definition) is 4. The number of rotatable bonds is 2. The lowest BCUT2D eigenvalue weighted by Gasteiger charge is -2.17. The molecule has 0 saturated heterocycles. The first-order valence-electron chi connectivity index (χ1n) is 5.08. The molecule has 0 atom stereocenters. The van der Waals surface area contributed by atoms with E-state index < -0.39 is 0 Å². The molecule has 0 unspecified atom stereocenters. The third-order valence-corrected chi connectivity index (χ3v) is 2.25. The summed E-state index contributed by atoms with van der Waals surface area (Å²) in [6.45, 7) is 6.12. The van der Waals surface area contributed by atoms with Gasteiger partial charge in [0.2, 0.25) is 0 Å².